The van der Waals surface area contributed by atoms with Crippen LogP contribution in [0.3, 0.4) is 0 Å². The monoisotopic (exact) mass is 399 g/mol. The Morgan fingerprint density at radius 2 is 1.32 bits per heavy atom. The highest BCUT2D eigenvalue weighted by Gasteiger charge is 2.24. The van der Waals surface area contributed by atoms with Gasteiger partial charge in [0.25, 0.3) is 0 Å². The maximum absolute atomic E-state index is 6.48. The number of furan rings is 2. The van der Waals surface area contributed by atoms with Gasteiger partial charge in [-0.25, -0.2) is 4.98 Å². The van der Waals surface area contributed by atoms with Crippen LogP contribution in [0.2, 0.25) is 0 Å². The molecule has 31 heavy (non-hydrogen) atoms. The number of benzene rings is 3. The average Bonchev–Trinajstić information content (AvgIpc) is 3.53. The third-order valence-corrected chi connectivity index (χ3v) is 6.29. The Hall–Kier alpha value is -4.38. The van der Waals surface area contributed by atoms with Crippen LogP contribution in [0.15, 0.2) is 88.1 Å². The van der Waals surface area contributed by atoms with Gasteiger partial charge in [-0.2, -0.15) is 0 Å². The molecule has 0 amide bonds. The van der Waals surface area contributed by atoms with Crippen LogP contribution in [0, 0.1) is 0 Å². The molecule has 8 aromatic rings. The van der Waals surface area contributed by atoms with E-state index in [1.807, 2.05) is 55.0 Å². The Balaban J connectivity index is 1.88. The molecule has 5 aromatic heterocycles. The molecule has 3 aromatic carbocycles. The van der Waals surface area contributed by atoms with Gasteiger partial charge in [-0.15, -0.1) is 0 Å². The summed E-state index contributed by atoms with van der Waals surface area (Å²) >= 11 is 0. The lowest BCUT2D eigenvalue weighted by atomic mass is 9.99. The molecule has 5 heteroatoms. The van der Waals surface area contributed by atoms with Crippen molar-refractivity contribution in [2.24, 2.45) is 0 Å². The van der Waals surface area contributed by atoms with Crippen molar-refractivity contribution in [1.82, 2.24) is 14.4 Å². The minimum Gasteiger partial charge on any atom is -0.455 e. The highest BCUT2D eigenvalue weighted by Crippen LogP contribution is 2.46. The van der Waals surface area contributed by atoms with Gasteiger partial charge < -0.3 is 8.83 Å². The first-order valence-corrected chi connectivity index (χ1v) is 10.2. The van der Waals surface area contributed by atoms with E-state index >= 15 is 0 Å². The summed E-state index contributed by atoms with van der Waals surface area (Å²) in [4.78, 5) is 9.30. The van der Waals surface area contributed by atoms with Crippen molar-refractivity contribution in [3.8, 4) is 0 Å². The molecule has 5 heterocycles. The highest BCUT2D eigenvalue weighted by molar-refractivity contribution is 6.37. The molecule has 5 nitrogen and oxygen atoms in total. The Bertz CT molecular complexity index is 2010. The lowest BCUT2D eigenvalue weighted by Crippen LogP contribution is -1.93. The van der Waals surface area contributed by atoms with E-state index in [0.717, 1.165) is 71.3 Å². The molecule has 0 saturated heterocycles. The quantitative estimate of drug-likeness (QED) is 0.262. The SMILES string of the molecule is c1ccc2c(c1)oc1c2c2oc3ccccc3c2c2c3cccnc3c3nccn3c12. The van der Waals surface area contributed by atoms with Gasteiger partial charge in [0.05, 0.1) is 10.9 Å². The van der Waals surface area contributed by atoms with Gasteiger partial charge >= 0.3 is 0 Å². The van der Waals surface area contributed by atoms with E-state index in [2.05, 4.69) is 38.6 Å². The number of hydrogen-bond donors (Lipinski definition) is 0. The van der Waals surface area contributed by atoms with Crippen molar-refractivity contribution in [2.45, 2.75) is 0 Å². The van der Waals surface area contributed by atoms with Crippen molar-refractivity contribution in [1.29, 1.82) is 0 Å². The fourth-order valence-electron chi connectivity index (χ4n) is 5.08. The third-order valence-electron chi connectivity index (χ3n) is 6.29. The zero-order chi connectivity index (χ0) is 20.1. The van der Waals surface area contributed by atoms with Gasteiger partial charge in [-0.05, 0) is 18.2 Å². The fourth-order valence-corrected chi connectivity index (χ4v) is 5.08. The van der Waals surface area contributed by atoms with E-state index in [9.17, 15) is 0 Å². The van der Waals surface area contributed by atoms with Gasteiger partial charge in [-0.3, -0.25) is 9.38 Å². The number of hydrogen-bond acceptors (Lipinski definition) is 4. The standard InChI is InChI=1S/C26H13N3O2/c1-3-9-17-14(6-1)20-19-16-8-5-11-27-22(16)26-28-12-13-29(26)23(19)25-21(24(20)30-17)15-7-2-4-10-18(15)31-25/h1-13H. The van der Waals surface area contributed by atoms with E-state index < -0.39 is 0 Å². The van der Waals surface area contributed by atoms with Gasteiger partial charge in [0.2, 0.25) is 0 Å². The Morgan fingerprint density at radius 3 is 2.16 bits per heavy atom. The number of nitrogens with zero attached hydrogens (tertiary/aromatic N) is 3. The summed E-state index contributed by atoms with van der Waals surface area (Å²) in [6.45, 7) is 0. The second kappa shape index (κ2) is 5.21. The molecule has 8 rings (SSSR count). The topological polar surface area (TPSA) is 56.5 Å². The van der Waals surface area contributed by atoms with Crippen LogP contribution in [-0.2, 0) is 0 Å². The van der Waals surface area contributed by atoms with Crippen LogP contribution in [0.25, 0.3) is 71.3 Å². The van der Waals surface area contributed by atoms with Crippen molar-refractivity contribution >= 4 is 71.3 Å². The van der Waals surface area contributed by atoms with Crippen molar-refractivity contribution in [2.75, 3.05) is 0 Å². The number of para-hydroxylation sites is 2. The van der Waals surface area contributed by atoms with Crippen molar-refractivity contribution in [3.05, 3.63) is 79.3 Å². The number of imidazole rings is 1. The van der Waals surface area contributed by atoms with Gasteiger partial charge in [-0.1, -0.05) is 42.5 Å². The molecule has 0 N–H and O–H groups in total. The predicted molar refractivity (Wildman–Crippen MR) is 123 cm³/mol. The Kier molecular flexibility index (Phi) is 2.60. The molecule has 0 radical (unpaired) electrons. The van der Waals surface area contributed by atoms with E-state index in [4.69, 9.17) is 8.83 Å². The second-order valence-corrected chi connectivity index (χ2v) is 7.85. The molecule has 0 spiro atoms. The summed E-state index contributed by atoms with van der Waals surface area (Å²) in [5.41, 5.74) is 6.01. The van der Waals surface area contributed by atoms with Gasteiger partial charge in [0.1, 0.15) is 22.3 Å². The summed E-state index contributed by atoms with van der Waals surface area (Å²) in [7, 11) is 0. The molecular formula is C26H13N3O2. The second-order valence-electron chi connectivity index (χ2n) is 7.85. The van der Waals surface area contributed by atoms with E-state index in [1.165, 1.54) is 0 Å². The fraction of sp³-hybridized carbons (Fsp3) is 0. The molecule has 0 aliphatic rings. The average molecular weight is 399 g/mol. The summed E-state index contributed by atoms with van der Waals surface area (Å²) in [5.74, 6) is 0. The zero-order valence-electron chi connectivity index (χ0n) is 16.2. The summed E-state index contributed by atoms with van der Waals surface area (Å²) in [6.07, 6.45) is 5.61. The molecular weight excluding hydrogens is 386 g/mol. The first-order chi connectivity index (χ1) is 15.4. The third kappa shape index (κ3) is 1.74. The van der Waals surface area contributed by atoms with Crippen molar-refractivity contribution < 1.29 is 8.83 Å². The van der Waals surface area contributed by atoms with E-state index in [0.29, 0.717) is 0 Å². The summed E-state index contributed by atoms with van der Waals surface area (Å²) < 4.78 is 15.0. The van der Waals surface area contributed by atoms with E-state index in [-0.39, 0.29) is 0 Å². The number of pyridine rings is 2. The minimum absolute atomic E-state index is 0.802. The van der Waals surface area contributed by atoms with Crippen LogP contribution in [0.4, 0.5) is 0 Å². The lowest BCUT2D eigenvalue weighted by molar-refractivity contribution is 0.664. The molecule has 0 atom stereocenters. The predicted octanol–water partition coefficient (Wildman–Crippen LogP) is 6.83. The van der Waals surface area contributed by atoms with Crippen LogP contribution in [0.1, 0.15) is 0 Å². The smallest absolute Gasteiger partial charge is 0.164 e. The maximum atomic E-state index is 6.48. The van der Waals surface area contributed by atoms with Crippen molar-refractivity contribution in [3.63, 3.8) is 0 Å². The highest BCUT2D eigenvalue weighted by atomic mass is 16.3. The molecule has 144 valence electrons. The molecule has 0 aliphatic carbocycles. The molecule has 0 fully saturated rings. The number of aromatic nitrogens is 3. The van der Waals surface area contributed by atoms with Crippen LogP contribution < -0.4 is 0 Å². The van der Waals surface area contributed by atoms with E-state index in [1.54, 1.807) is 0 Å². The van der Waals surface area contributed by atoms with Crippen LogP contribution in [0.5, 0.6) is 0 Å². The zero-order valence-corrected chi connectivity index (χ0v) is 16.2. The normalized spacial score (nSPS) is 12.5. The largest absolute Gasteiger partial charge is 0.455 e. The summed E-state index contributed by atoms with van der Waals surface area (Å²) in [6, 6.07) is 20.4. The Labute approximate surface area is 174 Å². The lowest BCUT2D eigenvalue weighted by Gasteiger charge is -2.09. The minimum atomic E-state index is 0.802. The van der Waals surface area contributed by atoms with Gasteiger partial charge in [0.15, 0.2) is 11.2 Å². The molecule has 0 aliphatic heterocycles. The van der Waals surface area contributed by atoms with Gasteiger partial charge in [0, 0.05) is 45.5 Å². The summed E-state index contributed by atoms with van der Waals surface area (Å²) in [5, 5.41) is 6.31. The number of rotatable bonds is 0. The first-order valence-electron chi connectivity index (χ1n) is 10.2. The Morgan fingerprint density at radius 1 is 0.613 bits per heavy atom. The molecule has 0 bridgehead atoms. The van der Waals surface area contributed by atoms with Crippen LogP contribution >= 0.6 is 0 Å². The number of fused-ring (bicyclic) bond motifs is 15. The maximum Gasteiger partial charge on any atom is 0.164 e. The van der Waals surface area contributed by atoms with Crippen LogP contribution in [-0.4, -0.2) is 14.4 Å². The molecule has 0 unspecified atom stereocenters. The first kappa shape index (κ1) is 15.5. The molecule has 0 saturated carbocycles.